The van der Waals surface area contributed by atoms with Crippen molar-refractivity contribution in [1.29, 1.82) is 0 Å². The Morgan fingerprint density at radius 2 is 2.07 bits per heavy atom. The summed E-state index contributed by atoms with van der Waals surface area (Å²) in [5.74, 6) is 1.02. The van der Waals surface area contributed by atoms with Crippen molar-refractivity contribution >= 4 is 27.8 Å². The van der Waals surface area contributed by atoms with Crippen molar-refractivity contribution in [2.24, 2.45) is 10.7 Å². The van der Waals surface area contributed by atoms with E-state index in [2.05, 4.69) is 40.0 Å². The zero-order valence-corrected chi connectivity index (χ0v) is 17.6. The monoisotopic (exact) mass is 429 g/mol. The van der Waals surface area contributed by atoms with Gasteiger partial charge in [0.2, 0.25) is 5.91 Å². The van der Waals surface area contributed by atoms with E-state index < -0.39 is 5.54 Å². The van der Waals surface area contributed by atoms with E-state index in [4.69, 9.17) is 10.5 Å². The molecule has 5 nitrogen and oxygen atoms in total. The number of halogens is 1. The van der Waals surface area contributed by atoms with Crippen molar-refractivity contribution in [2.45, 2.75) is 32.7 Å². The van der Waals surface area contributed by atoms with E-state index in [1.807, 2.05) is 38.1 Å². The van der Waals surface area contributed by atoms with Gasteiger partial charge in [-0.1, -0.05) is 18.2 Å². The third-order valence-corrected chi connectivity index (χ3v) is 5.44. The molecule has 27 heavy (non-hydrogen) atoms. The summed E-state index contributed by atoms with van der Waals surface area (Å²) < 4.78 is 6.80. The molecule has 1 heterocycles. The molecule has 2 N–H and O–H groups in total. The molecule has 1 atom stereocenters. The summed E-state index contributed by atoms with van der Waals surface area (Å²) in [6.07, 6.45) is 0.281. The van der Waals surface area contributed by atoms with E-state index in [1.165, 1.54) is 4.90 Å². The fraction of sp³-hybridized carbons (Fsp3) is 0.333. The second-order valence-corrected chi connectivity index (χ2v) is 7.86. The summed E-state index contributed by atoms with van der Waals surface area (Å²) in [6.45, 7) is 6.54. The molecule has 0 spiro atoms. The maximum absolute atomic E-state index is 12.3. The summed E-state index contributed by atoms with van der Waals surface area (Å²) in [7, 11) is 1.65. The van der Waals surface area contributed by atoms with Gasteiger partial charge in [0.1, 0.15) is 5.75 Å². The average molecular weight is 430 g/mol. The number of carbonyl (C=O) groups excluding carboxylic acids is 1. The molecule has 0 saturated carbocycles. The number of hydrogen-bond acceptors (Lipinski definition) is 4. The Bertz CT molecular complexity index is 926. The Morgan fingerprint density at radius 3 is 2.74 bits per heavy atom. The topological polar surface area (TPSA) is 67.9 Å². The summed E-state index contributed by atoms with van der Waals surface area (Å²) >= 11 is 3.61. The lowest BCUT2D eigenvalue weighted by Gasteiger charge is -2.33. The minimum absolute atomic E-state index is 0.0382. The van der Waals surface area contributed by atoms with Gasteiger partial charge in [0, 0.05) is 12.6 Å². The van der Waals surface area contributed by atoms with Crippen LogP contribution >= 0.6 is 15.9 Å². The number of rotatable bonds is 4. The number of amides is 1. The van der Waals surface area contributed by atoms with Crippen LogP contribution in [0.4, 0.5) is 0 Å². The fourth-order valence-electron chi connectivity index (χ4n) is 3.33. The predicted molar refractivity (Wildman–Crippen MR) is 112 cm³/mol. The first-order valence-corrected chi connectivity index (χ1v) is 9.70. The first kappa shape index (κ1) is 19.4. The third-order valence-electron chi connectivity index (χ3n) is 4.85. The third kappa shape index (κ3) is 3.72. The number of ether oxygens (including phenoxy) is 1. The highest BCUT2D eigenvalue weighted by Crippen LogP contribution is 2.40. The molecule has 0 bridgehead atoms. The molecule has 2 aromatic rings. The molecule has 0 saturated heterocycles. The lowest BCUT2D eigenvalue weighted by molar-refractivity contribution is -0.128. The Balaban J connectivity index is 2.12. The Kier molecular flexibility index (Phi) is 5.29. The predicted octanol–water partition coefficient (Wildman–Crippen LogP) is 4.22. The summed E-state index contributed by atoms with van der Waals surface area (Å²) in [5, 5.41) is 0. The van der Waals surface area contributed by atoms with Gasteiger partial charge in [0.05, 0.1) is 23.0 Å². The molecule has 1 aliphatic rings. The number of aryl methyl sites for hydroxylation is 1. The van der Waals surface area contributed by atoms with Gasteiger partial charge in [0.15, 0.2) is 5.96 Å². The molecular formula is C21H24BrN3O2. The first-order chi connectivity index (χ1) is 12.7. The largest absolute Gasteiger partial charge is 0.492 e. The first-order valence-electron chi connectivity index (χ1n) is 8.91. The van der Waals surface area contributed by atoms with E-state index in [0.717, 1.165) is 32.5 Å². The highest BCUT2D eigenvalue weighted by Gasteiger charge is 2.36. The van der Waals surface area contributed by atoms with Crippen LogP contribution in [0.1, 0.15) is 31.4 Å². The minimum atomic E-state index is -0.684. The Hall–Kier alpha value is -2.34. The molecular weight excluding hydrogens is 406 g/mol. The van der Waals surface area contributed by atoms with Crippen molar-refractivity contribution in [3.8, 4) is 16.9 Å². The average Bonchev–Trinajstić information content (AvgIpc) is 2.62. The van der Waals surface area contributed by atoms with E-state index in [-0.39, 0.29) is 18.3 Å². The molecule has 0 radical (unpaired) electrons. The molecule has 3 rings (SSSR count). The van der Waals surface area contributed by atoms with Crippen LogP contribution in [0.2, 0.25) is 0 Å². The lowest BCUT2D eigenvalue weighted by Crippen LogP contribution is -2.47. The molecule has 6 heteroatoms. The van der Waals surface area contributed by atoms with Gasteiger partial charge < -0.3 is 10.5 Å². The molecule has 2 aromatic carbocycles. The zero-order chi connectivity index (χ0) is 19.8. The van der Waals surface area contributed by atoms with Crippen LogP contribution in [0, 0.1) is 6.92 Å². The number of nitrogens with two attached hydrogens (primary N) is 1. The van der Waals surface area contributed by atoms with Crippen LogP contribution in [0.5, 0.6) is 5.75 Å². The number of carbonyl (C=O) groups is 1. The summed E-state index contributed by atoms with van der Waals surface area (Å²) in [4.78, 5) is 18.3. The highest BCUT2D eigenvalue weighted by molar-refractivity contribution is 9.10. The van der Waals surface area contributed by atoms with Crippen LogP contribution in [0.15, 0.2) is 45.9 Å². The molecule has 142 valence electrons. The Labute approximate surface area is 168 Å². The SMILES string of the molecule is CCOc1c(Br)cc(C)cc1-c1cccc(C2(C)CC(=O)N(C)C(N)=N2)c1. The van der Waals surface area contributed by atoms with E-state index in [9.17, 15) is 4.79 Å². The van der Waals surface area contributed by atoms with E-state index in [0.29, 0.717) is 6.61 Å². The number of aliphatic imine (C=N–C) groups is 1. The van der Waals surface area contributed by atoms with E-state index in [1.54, 1.807) is 7.05 Å². The zero-order valence-electron chi connectivity index (χ0n) is 16.0. The standard InChI is InChI=1S/C21H24BrN3O2/c1-5-27-19-16(9-13(2)10-17(19)22)14-7-6-8-15(11-14)21(3)12-18(26)25(4)20(23)24-21/h6-11H,5,12H2,1-4H3,(H2,23,24). The van der Waals surface area contributed by atoms with Crippen molar-refractivity contribution in [1.82, 2.24) is 4.90 Å². The van der Waals surface area contributed by atoms with Crippen molar-refractivity contribution < 1.29 is 9.53 Å². The van der Waals surface area contributed by atoms with Crippen molar-refractivity contribution in [3.05, 3.63) is 52.0 Å². The molecule has 0 aromatic heterocycles. The van der Waals surface area contributed by atoms with Crippen molar-refractivity contribution in [3.63, 3.8) is 0 Å². The van der Waals surface area contributed by atoms with Gasteiger partial charge in [-0.3, -0.25) is 9.69 Å². The van der Waals surface area contributed by atoms with Gasteiger partial charge in [-0.05, 0) is 71.6 Å². The number of benzene rings is 2. The van der Waals surface area contributed by atoms with Crippen LogP contribution < -0.4 is 10.5 Å². The van der Waals surface area contributed by atoms with Crippen LogP contribution in [-0.4, -0.2) is 30.4 Å². The molecule has 0 fully saturated rings. The smallest absolute Gasteiger partial charge is 0.231 e. The quantitative estimate of drug-likeness (QED) is 0.790. The summed E-state index contributed by atoms with van der Waals surface area (Å²) in [6, 6.07) is 12.2. The van der Waals surface area contributed by atoms with E-state index >= 15 is 0 Å². The minimum Gasteiger partial charge on any atom is -0.492 e. The van der Waals surface area contributed by atoms with Gasteiger partial charge in [-0.15, -0.1) is 0 Å². The fourth-order valence-corrected chi connectivity index (χ4v) is 4.02. The second-order valence-electron chi connectivity index (χ2n) is 7.01. The van der Waals surface area contributed by atoms with Crippen LogP contribution in [0.25, 0.3) is 11.1 Å². The molecule has 0 aliphatic carbocycles. The number of hydrogen-bond donors (Lipinski definition) is 1. The Morgan fingerprint density at radius 1 is 1.33 bits per heavy atom. The van der Waals surface area contributed by atoms with Gasteiger partial charge in [0.25, 0.3) is 0 Å². The number of nitrogens with zero attached hydrogens (tertiary/aromatic N) is 2. The molecule has 1 amide bonds. The molecule has 1 unspecified atom stereocenters. The van der Waals surface area contributed by atoms with Gasteiger partial charge in [-0.2, -0.15) is 0 Å². The number of guanidine groups is 1. The maximum Gasteiger partial charge on any atom is 0.231 e. The lowest BCUT2D eigenvalue weighted by atomic mass is 9.86. The second kappa shape index (κ2) is 7.35. The summed E-state index contributed by atoms with van der Waals surface area (Å²) in [5.41, 5.74) is 9.38. The van der Waals surface area contributed by atoms with Gasteiger partial charge in [-0.25, -0.2) is 4.99 Å². The normalized spacial score (nSPS) is 19.8. The van der Waals surface area contributed by atoms with Gasteiger partial charge >= 0.3 is 0 Å². The molecule has 1 aliphatic heterocycles. The highest BCUT2D eigenvalue weighted by atomic mass is 79.9. The van der Waals surface area contributed by atoms with Crippen LogP contribution in [-0.2, 0) is 10.3 Å². The van der Waals surface area contributed by atoms with Crippen LogP contribution in [0.3, 0.4) is 0 Å². The van der Waals surface area contributed by atoms with Crippen molar-refractivity contribution in [2.75, 3.05) is 13.7 Å². The maximum atomic E-state index is 12.3.